The quantitative estimate of drug-likeness (QED) is 0.604. The van der Waals surface area contributed by atoms with E-state index in [1.54, 1.807) is 6.08 Å². The molecule has 3 heteroatoms. The molecule has 0 atom stereocenters. The van der Waals surface area contributed by atoms with E-state index in [4.69, 9.17) is 5.26 Å². The molecule has 2 aliphatic carbocycles. The van der Waals surface area contributed by atoms with Crippen molar-refractivity contribution in [2.45, 2.75) is 71.1 Å². The molecule has 1 aromatic rings. The van der Waals surface area contributed by atoms with Crippen LogP contribution in [-0.4, -0.2) is 11.1 Å². The lowest BCUT2D eigenvalue weighted by Gasteiger charge is -2.38. The van der Waals surface area contributed by atoms with Crippen molar-refractivity contribution in [1.82, 2.24) is 0 Å². The molecule has 2 aliphatic rings. The van der Waals surface area contributed by atoms with Crippen LogP contribution in [-0.2, 0) is 11.2 Å². The number of rotatable bonds is 6. The van der Waals surface area contributed by atoms with Crippen LogP contribution < -0.4 is 0 Å². The summed E-state index contributed by atoms with van der Waals surface area (Å²) in [5.41, 5.74) is 2.71. The third-order valence-electron chi connectivity index (χ3n) is 7.25. The normalized spacial score (nSPS) is 28.5. The van der Waals surface area contributed by atoms with Gasteiger partial charge in [0.05, 0.1) is 11.6 Å². The van der Waals surface area contributed by atoms with Crippen LogP contribution in [0.25, 0.3) is 0 Å². The fourth-order valence-corrected chi connectivity index (χ4v) is 5.50. The monoisotopic (exact) mass is 379 g/mol. The van der Waals surface area contributed by atoms with E-state index in [-0.39, 0.29) is 5.92 Å². The Morgan fingerprint density at radius 1 is 1.04 bits per heavy atom. The summed E-state index contributed by atoms with van der Waals surface area (Å²) in [6, 6.07) is 10.2. The number of carboxylic acid groups (broad SMARTS) is 1. The van der Waals surface area contributed by atoms with Gasteiger partial charge >= 0.3 is 5.97 Å². The third kappa shape index (κ3) is 5.25. The highest BCUT2D eigenvalue weighted by molar-refractivity contribution is 5.87. The largest absolute Gasteiger partial charge is 0.478 e. The molecule has 0 spiro atoms. The predicted octanol–water partition coefficient (Wildman–Crippen LogP) is 6.13. The first-order valence-corrected chi connectivity index (χ1v) is 11.0. The van der Waals surface area contributed by atoms with Crippen LogP contribution in [0.15, 0.2) is 35.9 Å². The lowest BCUT2D eigenvalue weighted by molar-refractivity contribution is -0.133. The van der Waals surface area contributed by atoms with Gasteiger partial charge in [-0.2, -0.15) is 5.26 Å². The third-order valence-corrected chi connectivity index (χ3v) is 7.25. The standard InChI is InChI=1S/C25H33NO2/c1-2-24(25(27)28)23-15-13-22(14-16-23)21-11-9-19(10-12-21)4-3-18-5-7-20(17-26)8-6-18/h2,5-8,19,21-23H,3-4,9-16H2,1H3,(H,27,28). The molecule has 0 bridgehead atoms. The van der Waals surface area contributed by atoms with Crippen molar-refractivity contribution in [3.05, 3.63) is 47.0 Å². The fraction of sp³-hybridized carbons (Fsp3) is 0.600. The van der Waals surface area contributed by atoms with E-state index in [0.29, 0.717) is 5.57 Å². The highest BCUT2D eigenvalue weighted by Crippen LogP contribution is 2.43. The molecule has 28 heavy (non-hydrogen) atoms. The summed E-state index contributed by atoms with van der Waals surface area (Å²) in [7, 11) is 0. The molecule has 0 aliphatic heterocycles. The minimum Gasteiger partial charge on any atom is -0.478 e. The zero-order valence-corrected chi connectivity index (χ0v) is 17.1. The molecule has 0 unspecified atom stereocenters. The van der Waals surface area contributed by atoms with Crippen LogP contribution in [0.2, 0.25) is 0 Å². The molecule has 3 rings (SSSR count). The fourth-order valence-electron chi connectivity index (χ4n) is 5.50. The molecule has 0 radical (unpaired) electrons. The number of carbonyl (C=O) groups is 1. The topological polar surface area (TPSA) is 61.1 Å². The van der Waals surface area contributed by atoms with Crippen LogP contribution in [0.5, 0.6) is 0 Å². The second-order valence-electron chi connectivity index (χ2n) is 8.79. The first kappa shape index (κ1) is 20.6. The predicted molar refractivity (Wildman–Crippen MR) is 112 cm³/mol. The van der Waals surface area contributed by atoms with Crippen molar-refractivity contribution in [2.75, 3.05) is 0 Å². The van der Waals surface area contributed by atoms with Crippen molar-refractivity contribution in [3.63, 3.8) is 0 Å². The summed E-state index contributed by atoms with van der Waals surface area (Å²) in [5.74, 6) is 2.04. The minimum absolute atomic E-state index is 0.266. The Kier molecular flexibility index (Phi) is 7.31. The van der Waals surface area contributed by atoms with Crippen molar-refractivity contribution in [3.8, 4) is 6.07 Å². The van der Waals surface area contributed by atoms with E-state index in [1.807, 2.05) is 19.1 Å². The Morgan fingerprint density at radius 3 is 2.11 bits per heavy atom. The number of aryl methyl sites for hydroxylation is 1. The molecule has 150 valence electrons. The molecule has 3 nitrogen and oxygen atoms in total. The highest BCUT2D eigenvalue weighted by Gasteiger charge is 2.32. The van der Waals surface area contributed by atoms with Gasteiger partial charge < -0.3 is 5.11 Å². The van der Waals surface area contributed by atoms with E-state index < -0.39 is 5.97 Å². The average molecular weight is 380 g/mol. The molecule has 2 fully saturated rings. The SMILES string of the molecule is CC=C(C(=O)O)C1CCC(C2CCC(CCc3ccc(C#N)cc3)CC2)CC1. The van der Waals surface area contributed by atoms with Crippen molar-refractivity contribution in [2.24, 2.45) is 23.7 Å². The van der Waals surface area contributed by atoms with Gasteiger partial charge in [-0.25, -0.2) is 4.79 Å². The van der Waals surface area contributed by atoms with E-state index >= 15 is 0 Å². The number of allylic oxidation sites excluding steroid dienone is 1. The summed E-state index contributed by atoms with van der Waals surface area (Å²) in [4.78, 5) is 11.4. The van der Waals surface area contributed by atoms with Gasteiger partial charge in [-0.15, -0.1) is 0 Å². The van der Waals surface area contributed by atoms with Gasteiger partial charge in [-0.05, 0) is 99.7 Å². The van der Waals surface area contributed by atoms with E-state index in [2.05, 4.69) is 18.2 Å². The molecular weight excluding hydrogens is 346 g/mol. The van der Waals surface area contributed by atoms with Gasteiger partial charge in [0, 0.05) is 5.57 Å². The molecule has 0 amide bonds. The van der Waals surface area contributed by atoms with Gasteiger partial charge in [-0.3, -0.25) is 0 Å². The van der Waals surface area contributed by atoms with Crippen LogP contribution in [0.3, 0.4) is 0 Å². The lowest BCUT2D eigenvalue weighted by atomic mass is 9.67. The maximum atomic E-state index is 11.4. The Bertz CT molecular complexity index is 712. The number of aliphatic carboxylic acids is 1. The van der Waals surface area contributed by atoms with E-state index in [9.17, 15) is 9.90 Å². The molecule has 0 saturated heterocycles. The Morgan fingerprint density at radius 2 is 1.61 bits per heavy atom. The van der Waals surface area contributed by atoms with Gasteiger partial charge in [0.25, 0.3) is 0 Å². The number of nitrogens with zero attached hydrogens (tertiary/aromatic N) is 1. The second-order valence-corrected chi connectivity index (χ2v) is 8.79. The molecule has 0 heterocycles. The number of nitriles is 1. The Labute approximate surface area is 169 Å². The Hall–Kier alpha value is -2.08. The van der Waals surface area contributed by atoms with E-state index in [1.165, 1.54) is 50.5 Å². The summed E-state index contributed by atoms with van der Waals surface area (Å²) >= 11 is 0. The number of benzene rings is 1. The molecule has 2 saturated carbocycles. The number of carboxylic acids is 1. The molecular formula is C25H33NO2. The summed E-state index contributed by atoms with van der Waals surface area (Å²) in [5, 5.41) is 18.2. The van der Waals surface area contributed by atoms with Gasteiger partial charge in [-0.1, -0.05) is 31.1 Å². The van der Waals surface area contributed by atoms with Crippen LogP contribution in [0.1, 0.15) is 75.8 Å². The van der Waals surface area contributed by atoms with Crippen LogP contribution >= 0.6 is 0 Å². The molecule has 1 aromatic carbocycles. The van der Waals surface area contributed by atoms with Gasteiger partial charge in [0.1, 0.15) is 0 Å². The summed E-state index contributed by atoms with van der Waals surface area (Å²) in [6.07, 6.45) is 14.1. The zero-order valence-electron chi connectivity index (χ0n) is 17.1. The maximum Gasteiger partial charge on any atom is 0.331 e. The second kappa shape index (κ2) is 9.92. The Balaban J connectivity index is 1.39. The molecule has 0 aromatic heterocycles. The lowest BCUT2D eigenvalue weighted by Crippen LogP contribution is -2.27. The zero-order chi connectivity index (χ0) is 19.9. The van der Waals surface area contributed by atoms with Crippen molar-refractivity contribution < 1.29 is 9.90 Å². The summed E-state index contributed by atoms with van der Waals surface area (Å²) in [6.45, 7) is 1.86. The highest BCUT2D eigenvalue weighted by atomic mass is 16.4. The van der Waals surface area contributed by atoms with Crippen LogP contribution in [0.4, 0.5) is 0 Å². The van der Waals surface area contributed by atoms with Crippen molar-refractivity contribution in [1.29, 1.82) is 5.26 Å². The maximum absolute atomic E-state index is 11.4. The van der Waals surface area contributed by atoms with Gasteiger partial charge in [0.15, 0.2) is 0 Å². The number of hydrogen-bond acceptors (Lipinski definition) is 2. The average Bonchev–Trinajstić information content (AvgIpc) is 2.74. The van der Waals surface area contributed by atoms with Crippen LogP contribution in [0, 0.1) is 35.0 Å². The van der Waals surface area contributed by atoms with E-state index in [0.717, 1.165) is 42.6 Å². The van der Waals surface area contributed by atoms with Crippen molar-refractivity contribution >= 4 is 5.97 Å². The smallest absolute Gasteiger partial charge is 0.331 e. The first-order chi connectivity index (χ1) is 13.6. The van der Waals surface area contributed by atoms with Gasteiger partial charge in [0.2, 0.25) is 0 Å². The minimum atomic E-state index is -0.728. The first-order valence-electron chi connectivity index (χ1n) is 11.0. The molecule has 1 N–H and O–H groups in total. The summed E-state index contributed by atoms with van der Waals surface area (Å²) < 4.78 is 0. The number of hydrogen-bond donors (Lipinski definition) is 1.